The van der Waals surface area contributed by atoms with Crippen molar-refractivity contribution in [3.63, 3.8) is 0 Å². The quantitative estimate of drug-likeness (QED) is 0.762. The van der Waals surface area contributed by atoms with Gasteiger partial charge in [0.25, 0.3) is 11.1 Å². The molecule has 24 heavy (non-hydrogen) atoms. The van der Waals surface area contributed by atoms with Gasteiger partial charge in [-0.15, -0.1) is 0 Å². The number of ether oxygens (including phenoxy) is 1. The third-order valence-electron chi connectivity index (χ3n) is 3.57. The Morgan fingerprint density at radius 3 is 2.33 bits per heavy atom. The van der Waals surface area contributed by atoms with Crippen molar-refractivity contribution >= 4 is 34.7 Å². The number of amides is 2. The number of carbonyl (C=O) groups is 2. The fourth-order valence-electron chi connectivity index (χ4n) is 2.36. The number of hydrogen-bond acceptors (Lipinski definition) is 4. The molecule has 2 aromatic carbocycles. The summed E-state index contributed by atoms with van der Waals surface area (Å²) < 4.78 is 5.40. The topological polar surface area (TPSA) is 46.6 Å². The number of aryl methyl sites for hydroxylation is 1. The molecule has 1 heterocycles. The van der Waals surface area contributed by atoms with Gasteiger partial charge in [0.1, 0.15) is 5.75 Å². The maximum atomic E-state index is 12.6. The van der Waals surface area contributed by atoms with Gasteiger partial charge in [0, 0.05) is 0 Å². The van der Waals surface area contributed by atoms with Crippen LogP contribution in [0.5, 0.6) is 5.75 Å². The molecule has 122 valence electrons. The maximum Gasteiger partial charge on any atom is 0.298 e. The third kappa shape index (κ3) is 3.36. The van der Waals surface area contributed by atoms with Crippen LogP contribution in [0.1, 0.15) is 18.1 Å². The Kier molecular flexibility index (Phi) is 4.71. The van der Waals surface area contributed by atoms with E-state index >= 15 is 0 Å². The molecule has 0 aliphatic carbocycles. The second kappa shape index (κ2) is 6.93. The van der Waals surface area contributed by atoms with Crippen LogP contribution in [0.4, 0.5) is 10.5 Å². The van der Waals surface area contributed by atoms with Gasteiger partial charge in [-0.05, 0) is 61.5 Å². The van der Waals surface area contributed by atoms with Crippen molar-refractivity contribution in [1.82, 2.24) is 0 Å². The third-order valence-corrected chi connectivity index (χ3v) is 4.44. The molecule has 0 aromatic heterocycles. The molecule has 0 N–H and O–H groups in total. The predicted molar refractivity (Wildman–Crippen MR) is 97.2 cm³/mol. The number of carbonyl (C=O) groups excluding carboxylic acids is 2. The normalized spacial score (nSPS) is 16.1. The minimum atomic E-state index is -0.289. The second-order valence-corrected chi connectivity index (χ2v) is 6.35. The van der Waals surface area contributed by atoms with E-state index in [0.29, 0.717) is 17.2 Å². The smallest absolute Gasteiger partial charge is 0.298 e. The van der Waals surface area contributed by atoms with Crippen molar-refractivity contribution in [2.45, 2.75) is 13.8 Å². The molecule has 5 heteroatoms. The lowest BCUT2D eigenvalue weighted by atomic mass is 10.2. The highest BCUT2D eigenvalue weighted by molar-refractivity contribution is 8.19. The van der Waals surface area contributed by atoms with E-state index in [-0.39, 0.29) is 11.1 Å². The molecule has 0 atom stereocenters. The van der Waals surface area contributed by atoms with Gasteiger partial charge in [0.05, 0.1) is 17.2 Å². The Morgan fingerprint density at radius 1 is 1.04 bits per heavy atom. The van der Waals surface area contributed by atoms with E-state index in [1.165, 1.54) is 4.90 Å². The lowest BCUT2D eigenvalue weighted by molar-refractivity contribution is -0.113. The summed E-state index contributed by atoms with van der Waals surface area (Å²) in [4.78, 5) is 26.4. The summed E-state index contributed by atoms with van der Waals surface area (Å²) in [5.74, 6) is 0.491. The zero-order valence-electron chi connectivity index (χ0n) is 13.5. The number of anilines is 1. The van der Waals surface area contributed by atoms with E-state index in [4.69, 9.17) is 4.74 Å². The van der Waals surface area contributed by atoms with Crippen LogP contribution >= 0.6 is 11.8 Å². The molecular weight excluding hydrogens is 322 g/mol. The average Bonchev–Trinajstić information content (AvgIpc) is 2.85. The number of nitrogens with zero attached hydrogens (tertiary/aromatic N) is 1. The zero-order valence-corrected chi connectivity index (χ0v) is 14.3. The van der Waals surface area contributed by atoms with E-state index in [9.17, 15) is 9.59 Å². The van der Waals surface area contributed by atoms with Gasteiger partial charge in [0.15, 0.2) is 0 Å². The molecule has 1 aliphatic rings. The van der Waals surface area contributed by atoms with Crippen LogP contribution in [0.25, 0.3) is 6.08 Å². The van der Waals surface area contributed by atoms with Crippen LogP contribution in [0.2, 0.25) is 0 Å². The van der Waals surface area contributed by atoms with Crippen molar-refractivity contribution < 1.29 is 14.3 Å². The number of thioether (sulfide) groups is 1. The summed E-state index contributed by atoms with van der Waals surface area (Å²) in [5.41, 5.74) is 2.53. The first-order valence-electron chi connectivity index (χ1n) is 7.66. The largest absolute Gasteiger partial charge is 0.494 e. The van der Waals surface area contributed by atoms with E-state index in [1.54, 1.807) is 18.2 Å². The van der Waals surface area contributed by atoms with Crippen LogP contribution in [0.15, 0.2) is 53.4 Å². The fourth-order valence-corrected chi connectivity index (χ4v) is 3.20. The van der Waals surface area contributed by atoms with Gasteiger partial charge in [-0.2, -0.15) is 0 Å². The maximum absolute atomic E-state index is 12.6. The minimum absolute atomic E-state index is 0.277. The number of benzene rings is 2. The molecule has 1 fully saturated rings. The van der Waals surface area contributed by atoms with E-state index in [0.717, 1.165) is 28.6 Å². The summed E-state index contributed by atoms with van der Waals surface area (Å²) in [6.45, 7) is 4.49. The summed E-state index contributed by atoms with van der Waals surface area (Å²) in [6, 6.07) is 14.8. The van der Waals surface area contributed by atoms with Gasteiger partial charge >= 0.3 is 0 Å². The molecule has 0 spiro atoms. The highest BCUT2D eigenvalue weighted by Crippen LogP contribution is 2.35. The number of hydrogen-bond donors (Lipinski definition) is 0. The van der Waals surface area contributed by atoms with Crippen molar-refractivity contribution in [2.24, 2.45) is 0 Å². The summed E-state index contributed by atoms with van der Waals surface area (Å²) in [7, 11) is 0. The number of rotatable bonds is 4. The summed E-state index contributed by atoms with van der Waals surface area (Å²) in [5, 5.41) is -0.277. The van der Waals surface area contributed by atoms with E-state index < -0.39 is 0 Å². The first-order valence-corrected chi connectivity index (χ1v) is 8.47. The molecular formula is C19H17NO3S. The average molecular weight is 339 g/mol. The summed E-state index contributed by atoms with van der Waals surface area (Å²) in [6.07, 6.45) is 1.73. The second-order valence-electron chi connectivity index (χ2n) is 5.35. The molecule has 2 amide bonds. The van der Waals surface area contributed by atoms with Crippen molar-refractivity contribution in [3.05, 3.63) is 64.6 Å². The Balaban J connectivity index is 1.83. The fraction of sp³-hybridized carbons (Fsp3) is 0.158. The molecule has 0 bridgehead atoms. The first-order chi connectivity index (χ1) is 11.6. The molecule has 0 unspecified atom stereocenters. The van der Waals surface area contributed by atoms with Crippen LogP contribution in [0.3, 0.4) is 0 Å². The van der Waals surface area contributed by atoms with Gasteiger partial charge in [0.2, 0.25) is 0 Å². The lowest BCUT2D eigenvalue weighted by Crippen LogP contribution is -2.27. The van der Waals surface area contributed by atoms with Crippen LogP contribution in [-0.4, -0.2) is 17.8 Å². The molecule has 2 aromatic rings. The highest BCUT2D eigenvalue weighted by atomic mass is 32.2. The van der Waals surface area contributed by atoms with Crippen LogP contribution in [0, 0.1) is 6.92 Å². The lowest BCUT2D eigenvalue weighted by Gasteiger charge is -2.12. The van der Waals surface area contributed by atoms with E-state index in [2.05, 4.69) is 0 Å². The SMILES string of the molecule is CCOc1ccc(/C=C2\SC(=O)N(c3ccc(C)cc3)C2=O)cc1. The molecule has 4 nitrogen and oxygen atoms in total. The summed E-state index contributed by atoms with van der Waals surface area (Å²) >= 11 is 0.957. The Labute approximate surface area is 145 Å². The van der Waals surface area contributed by atoms with Gasteiger partial charge in [-0.25, -0.2) is 4.90 Å². The Morgan fingerprint density at radius 2 is 1.71 bits per heavy atom. The zero-order chi connectivity index (χ0) is 17.1. The molecule has 1 aliphatic heterocycles. The Bertz CT molecular complexity index is 794. The van der Waals surface area contributed by atoms with Crippen LogP contribution < -0.4 is 9.64 Å². The number of imide groups is 1. The first kappa shape index (κ1) is 16.3. The van der Waals surface area contributed by atoms with Crippen LogP contribution in [-0.2, 0) is 4.79 Å². The highest BCUT2D eigenvalue weighted by Gasteiger charge is 2.36. The predicted octanol–water partition coefficient (Wildman–Crippen LogP) is 4.63. The van der Waals surface area contributed by atoms with Crippen molar-refractivity contribution in [1.29, 1.82) is 0 Å². The minimum Gasteiger partial charge on any atom is -0.494 e. The monoisotopic (exact) mass is 339 g/mol. The van der Waals surface area contributed by atoms with Gasteiger partial charge in [-0.1, -0.05) is 29.8 Å². The molecule has 0 saturated carbocycles. The molecule has 1 saturated heterocycles. The van der Waals surface area contributed by atoms with Gasteiger partial charge in [-0.3, -0.25) is 9.59 Å². The standard InChI is InChI=1S/C19H17NO3S/c1-3-23-16-10-6-14(7-11-16)12-17-18(21)20(19(22)24-17)15-8-4-13(2)5-9-15/h4-12H,3H2,1-2H3/b17-12-. The molecule has 3 rings (SSSR count). The van der Waals surface area contributed by atoms with Crippen molar-refractivity contribution in [3.8, 4) is 5.75 Å². The Hall–Kier alpha value is -2.53. The van der Waals surface area contributed by atoms with Crippen molar-refractivity contribution in [2.75, 3.05) is 11.5 Å². The van der Waals surface area contributed by atoms with E-state index in [1.807, 2.05) is 50.2 Å². The van der Waals surface area contributed by atoms with Gasteiger partial charge < -0.3 is 4.74 Å². The molecule has 0 radical (unpaired) electrons.